The number of pyridine rings is 1. The fraction of sp³-hybridized carbons (Fsp3) is 0.522. The molecule has 7 aromatic rings. The number of aryl methyl sites for hydroxylation is 2. The van der Waals surface area contributed by atoms with Crippen molar-refractivity contribution in [2.75, 3.05) is 39.3 Å². The molecule has 0 aliphatic carbocycles. The molecule has 19 N–H and O–H groups in total. The van der Waals surface area contributed by atoms with Gasteiger partial charge in [0.25, 0.3) is 0 Å². The summed E-state index contributed by atoms with van der Waals surface area (Å²) in [6, 6.07) is 3.32. The zero-order valence-corrected chi connectivity index (χ0v) is 52.6. The van der Waals surface area contributed by atoms with Crippen LogP contribution in [-0.2, 0) is 62.4 Å². The summed E-state index contributed by atoms with van der Waals surface area (Å²) in [5, 5.41) is 89.2. The smallest absolute Gasteiger partial charge is 0.469 e. The number of carbonyl (C=O) groups excluding carboxylic acids is 1. The van der Waals surface area contributed by atoms with Crippen LogP contribution in [0.25, 0.3) is 33.4 Å². The number of ether oxygens (including phenoxy) is 5. The van der Waals surface area contributed by atoms with Gasteiger partial charge in [-0.2, -0.15) is 4.98 Å². The lowest BCUT2D eigenvalue weighted by molar-refractivity contribution is -0.0512. The van der Waals surface area contributed by atoms with E-state index in [1.165, 1.54) is 67.7 Å². The van der Waals surface area contributed by atoms with E-state index >= 15 is 0 Å². The van der Waals surface area contributed by atoms with Crippen LogP contribution in [0.3, 0.4) is 0 Å². The molecule has 4 saturated heterocycles. The Morgan fingerprint density at radius 1 is 0.558 bits per heavy atom. The van der Waals surface area contributed by atoms with Crippen molar-refractivity contribution in [2.45, 2.75) is 112 Å². The average Bonchev–Trinajstić information content (AvgIpc) is 1.65. The van der Waals surface area contributed by atoms with E-state index in [1.807, 2.05) is 0 Å². The summed E-state index contributed by atoms with van der Waals surface area (Å²) >= 11 is 0. The molecule has 16 atom stereocenters. The van der Waals surface area contributed by atoms with Crippen molar-refractivity contribution in [2.24, 2.45) is 12.0 Å². The second-order valence-corrected chi connectivity index (χ2v) is 26.0. The van der Waals surface area contributed by atoms with Gasteiger partial charge in [-0.1, -0.05) is 0 Å². The number of hydrogen-bond donors (Lipinski definition) is 18. The predicted molar refractivity (Wildman–Crippen MR) is 308 cm³/mol. The van der Waals surface area contributed by atoms with Gasteiger partial charge >= 0.3 is 31.3 Å². The molecule has 0 aromatic carbocycles. The summed E-state index contributed by atoms with van der Waals surface area (Å²) in [5.74, 6) is 0.605. The molecule has 0 saturated carbocycles. The first-order chi connectivity index (χ1) is 44.4. The normalized spacial score (nSPS) is 28.5. The van der Waals surface area contributed by atoms with Crippen molar-refractivity contribution in [1.82, 2.24) is 57.7 Å². The van der Waals surface area contributed by atoms with Gasteiger partial charge in [0.1, 0.15) is 90.2 Å². The molecule has 522 valence electrons. The highest BCUT2D eigenvalue weighted by atomic mass is 31.2. The van der Waals surface area contributed by atoms with Gasteiger partial charge in [0.2, 0.25) is 5.88 Å². The van der Waals surface area contributed by atoms with Crippen LogP contribution in [0, 0.1) is 12.3 Å². The van der Waals surface area contributed by atoms with Crippen LogP contribution in [0.15, 0.2) is 54.8 Å². The maximum atomic E-state index is 11.7. The third-order valence-electron chi connectivity index (χ3n) is 14.6. The van der Waals surface area contributed by atoms with E-state index in [4.69, 9.17) is 74.0 Å². The molecule has 5 aliphatic heterocycles. The van der Waals surface area contributed by atoms with Crippen LogP contribution in [0.1, 0.15) is 47.6 Å². The predicted octanol–water partition coefficient (Wildman–Crippen LogP) is -4.90. The largest absolute Gasteiger partial charge is 0.479 e. The summed E-state index contributed by atoms with van der Waals surface area (Å²) in [5.41, 5.74) is 8.24. The van der Waals surface area contributed by atoms with E-state index in [-0.39, 0.29) is 46.2 Å². The molecule has 5 aliphatic rings. The molecule has 7 aromatic heterocycles. The van der Waals surface area contributed by atoms with E-state index in [0.717, 1.165) is 0 Å². The molecule has 95 heavy (non-hydrogen) atoms. The number of phosphoric acid groups is 4. The van der Waals surface area contributed by atoms with Crippen LogP contribution in [0.5, 0.6) is 5.88 Å². The number of phosphoric ester groups is 4. The van der Waals surface area contributed by atoms with Crippen molar-refractivity contribution in [3.05, 3.63) is 66.8 Å². The summed E-state index contributed by atoms with van der Waals surface area (Å²) in [7, 11) is -15.8. The Morgan fingerprint density at radius 2 is 0.989 bits per heavy atom. The highest BCUT2D eigenvalue weighted by molar-refractivity contribution is 7.47. The van der Waals surface area contributed by atoms with Crippen molar-refractivity contribution in [1.29, 1.82) is 5.41 Å². The van der Waals surface area contributed by atoms with Crippen molar-refractivity contribution < 1.29 is 145 Å². The fourth-order valence-electron chi connectivity index (χ4n) is 10.1. The zero-order valence-electron chi connectivity index (χ0n) is 49.0. The SMILES string of the molecule is COc1nc(C)nc2c1ncn2[C@@H]1O[C@H](COP(=O)(O)O)[C@@H](O)[C@H]1O.Cn1cnc2c(ncn2[C@@H]2O[C@H](COP(=O)(O)O)[C@@H](O)[C@H]2O)c1=N.Nc1ccnc2c1ccn2[C@@H]1O[C@H](COP(=O)(O)O)[C@@H](O)[C@H]1O.O=C1CC=Nc2c1ncn2[C@@H]1O[C@H](COP(=O)(O)O)[C@@H](O)[C@H]1O. The van der Waals surface area contributed by atoms with Crippen molar-refractivity contribution >= 4 is 88.2 Å². The van der Waals surface area contributed by atoms with E-state index in [9.17, 15) is 63.9 Å². The van der Waals surface area contributed by atoms with E-state index in [2.05, 4.69) is 58.0 Å². The Balaban J connectivity index is 0.000000149. The second kappa shape index (κ2) is 29.0. The number of imidazole rings is 3. The molecular weight excluding hydrogens is 1370 g/mol. The Hall–Kier alpha value is -6.30. The number of rotatable bonds is 17. The number of Topliss-reactive ketones (excluding diaryl/α,β-unsaturated/α-hetero) is 1. The van der Waals surface area contributed by atoms with Crippen molar-refractivity contribution in [3.8, 4) is 5.88 Å². The summed E-state index contributed by atoms with van der Waals surface area (Å²) in [6.45, 7) is -0.719. The molecule has 49 heteroatoms. The van der Waals surface area contributed by atoms with Gasteiger partial charge in [0.15, 0.2) is 64.5 Å². The molecule has 4 fully saturated rings. The first kappa shape index (κ1) is 73.0. The average molecular weight is 1430 g/mol. The van der Waals surface area contributed by atoms with Gasteiger partial charge in [0.05, 0.1) is 58.8 Å². The number of aromatic nitrogens is 12. The molecule has 0 bridgehead atoms. The standard InChI is InChI=1S/C12H17N4O8P.C12H16N3O7P.C11H16N5O7P.C11H14N3O8P/c1-5-14-10-7(11(15-5)22-2)13-4-16(10)12-9(18)8(17)6(24-12)3-23-25(19,20)21;13-7-1-3-14-11-6(7)2-4-15(11)12-10(17)9(16)8(22-12)5-21-23(18,19)20;1-15-3-14-10-6(9(15)12)13-4-16(10)11-8(18)7(17)5(23-11)2-22-24(19,20)21;15-5-1-2-12-10-7(5)13-4-14(10)11-9(17)8(16)6(22-11)3-21-23(18,19)20/h4,6,8-9,12,17-18H,3H2,1-2H3,(H2,19,20,21);1-4,8-10,12,16-17H,5H2,(H2,13,14)(H2,18,19,20);3-5,7-8,11-12,17-18H,2H2,1H3,(H2,19,20,21);2,4,6,8-9,11,16-17H,1,3H2,(H2,18,19,20)/t6-,8-,9-,12-;8-,9-,10-,12-;5-,7-,8-,11-;6-,8-,9-,11-/m1111/s1. The number of aliphatic hydroxyl groups excluding tert-OH is 8. The molecule has 0 amide bonds. The number of ketones is 1. The molecule has 0 unspecified atom stereocenters. The number of nitrogens with two attached hydrogens (primary N) is 1. The van der Waals surface area contributed by atoms with E-state index < -0.39 is 156 Å². The number of nitrogen functional groups attached to an aromatic ring is 1. The molecule has 12 heterocycles. The maximum Gasteiger partial charge on any atom is 0.469 e. The highest BCUT2D eigenvalue weighted by Gasteiger charge is 2.49. The second-order valence-electron chi connectivity index (χ2n) is 21.1. The third kappa shape index (κ3) is 16.6. The first-order valence-corrected chi connectivity index (χ1v) is 33.5. The monoisotopic (exact) mass is 1430 g/mol. The Labute approximate surface area is 530 Å². The lowest BCUT2D eigenvalue weighted by Crippen LogP contribution is -2.33. The Kier molecular flexibility index (Phi) is 22.3. The number of nitrogens with zero attached hydrogens (tertiary/aromatic N) is 13. The van der Waals surface area contributed by atoms with Gasteiger partial charge in [0, 0.05) is 43.2 Å². The summed E-state index contributed by atoms with van der Waals surface area (Å²) in [6.07, 6.45) is -10.1. The van der Waals surface area contributed by atoms with Crippen LogP contribution < -0.4 is 16.0 Å². The van der Waals surface area contributed by atoms with Crippen molar-refractivity contribution in [3.63, 3.8) is 0 Å². The highest BCUT2D eigenvalue weighted by Crippen LogP contribution is 2.44. The number of methoxy groups -OCH3 is 1. The minimum Gasteiger partial charge on any atom is -0.479 e. The van der Waals surface area contributed by atoms with Gasteiger partial charge in [-0.15, -0.1) is 0 Å². The zero-order chi connectivity index (χ0) is 69.6. The maximum absolute atomic E-state index is 11.7. The van der Waals surface area contributed by atoms with Crippen LogP contribution in [-0.4, -0.2) is 257 Å². The van der Waals surface area contributed by atoms with Gasteiger partial charge in [-0.3, -0.25) is 42.0 Å². The number of anilines is 1. The Morgan fingerprint density at radius 3 is 1.45 bits per heavy atom. The Bertz CT molecular complexity index is 4190. The number of nitrogens with one attached hydrogen (secondary N) is 1. The molecule has 0 radical (unpaired) electrons. The molecular formula is C46H63N15O30P4. The number of aliphatic hydroxyl groups is 8. The van der Waals surface area contributed by atoms with E-state index in [1.54, 1.807) is 32.3 Å². The van der Waals surface area contributed by atoms with Gasteiger partial charge in [-0.25, -0.2) is 53.2 Å². The quantitative estimate of drug-likeness (QED) is 0.0380. The van der Waals surface area contributed by atoms with Crippen LogP contribution >= 0.6 is 31.3 Å². The first-order valence-electron chi connectivity index (χ1n) is 27.3. The van der Waals surface area contributed by atoms with Crippen LogP contribution in [0.2, 0.25) is 0 Å². The molecule has 45 nitrogen and oxygen atoms in total. The van der Waals surface area contributed by atoms with Gasteiger partial charge in [-0.05, 0) is 19.1 Å². The van der Waals surface area contributed by atoms with Crippen LogP contribution in [0.4, 0.5) is 11.5 Å². The summed E-state index contributed by atoms with van der Waals surface area (Å²) < 4.78 is 94.2. The lowest BCUT2D eigenvalue weighted by Gasteiger charge is -2.18. The van der Waals surface area contributed by atoms with E-state index in [0.29, 0.717) is 33.7 Å². The minimum atomic E-state index is -4.73. The topological polar surface area (TPSA) is 669 Å². The molecule has 12 rings (SSSR count). The van der Waals surface area contributed by atoms with Gasteiger partial charge < -0.3 is 119 Å². The number of aliphatic imine (C=N–C) groups is 1. The molecule has 0 spiro atoms. The number of hydrogen-bond acceptors (Lipinski definition) is 32. The third-order valence-corrected chi connectivity index (χ3v) is 16.6. The summed E-state index contributed by atoms with van der Waals surface area (Å²) in [4.78, 5) is 114. The lowest BCUT2D eigenvalue weighted by atomic mass is 10.1. The minimum absolute atomic E-state index is 0.105. The number of carbonyl (C=O) groups is 1. The number of fused-ring (bicyclic) bond motifs is 4. The fourth-order valence-corrected chi connectivity index (χ4v) is 11.4.